The first-order valence-corrected chi connectivity index (χ1v) is 5.55. The molecule has 1 aliphatic rings. The second-order valence-electron chi connectivity index (χ2n) is 4.26. The molecule has 4 heteroatoms. The van der Waals surface area contributed by atoms with Gasteiger partial charge < -0.3 is 4.74 Å². The normalized spacial score (nSPS) is 22.3. The Kier molecular flexibility index (Phi) is 3.53. The second kappa shape index (κ2) is 4.91. The Bertz CT molecular complexity index is 344. The summed E-state index contributed by atoms with van der Waals surface area (Å²) in [7, 11) is 0. The van der Waals surface area contributed by atoms with E-state index in [4.69, 9.17) is 10.6 Å². The quantitative estimate of drug-likeness (QED) is 0.608. The summed E-state index contributed by atoms with van der Waals surface area (Å²) in [5.41, 5.74) is 4.47. The highest BCUT2D eigenvalue weighted by atomic mass is 19.1. The minimum absolute atomic E-state index is 0.0474. The molecule has 0 aliphatic carbocycles. The third-order valence-electron chi connectivity index (χ3n) is 2.94. The molecule has 0 amide bonds. The van der Waals surface area contributed by atoms with Gasteiger partial charge in [0, 0.05) is 6.61 Å². The molecule has 3 nitrogen and oxygen atoms in total. The van der Waals surface area contributed by atoms with E-state index >= 15 is 0 Å². The van der Waals surface area contributed by atoms with Gasteiger partial charge in [0.05, 0.1) is 12.1 Å². The van der Waals surface area contributed by atoms with Gasteiger partial charge in [0.2, 0.25) is 0 Å². The van der Waals surface area contributed by atoms with Gasteiger partial charge in [-0.1, -0.05) is 6.07 Å². The summed E-state index contributed by atoms with van der Waals surface area (Å²) in [4.78, 5) is 0. The van der Waals surface area contributed by atoms with E-state index in [9.17, 15) is 4.39 Å². The Morgan fingerprint density at radius 1 is 1.50 bits per heavy atom. The fourth-order valence-electron chi connectivity index (χ4n) is 2.23. The highest BCUT2D eigenvalue weighted by Gasteiger charge is 2.26. The van der Waals surface area contributed by atoms with Crippen LogP contribution >= 0.6 is 0 Å². The van der Waals surface area contributed by atoms with Crippen LogP contribution in [-0.2, 0) is 4.74 Å². The first-order valence-electron chi connectivity index (χ1n) is 5.55. The molecule has 1 fully saturated rings. The molecule has 0 saturated carbocycles. The number of aryl methyl sites for hydroxylation is 1. The minimum Gasteiger partial charge on any atom is -0.376 e. The van der Waals surface area contributed by atoms with Crippen molar-refractivity contribution in [1.82, 2.24) is 5.43 Å². The molecule has 2 unspecified atom stereocenters. The highest BCUT2D eigenvalue weighted by Crippen LogP contribution is 2.27. The molecule has 1 aliphatic heterocycles. The number of halogens is 1. The van der Waals surface area contributed by atoms with Crippen LogP contribution in [0.25, 0.3) is 0 Å². The van der Waals surface area contributed by atoms with Crippen LogP contribution in [0.3, 0.4) is 0 Å². The summed E-state index contributed by atoms with van der Waals surface area (Å²) in [6.45, 7) is 2.63. The number of benzene rings is 1. The average Bonchev–Trinajstić information content (AvgIpc) is 2.70. The van der Waals surface area contributed by atoms with Crippen LogP contribution in [0.4, 0.5) is 4.39 Å². The summed E-state index contributed by atoms with van der Waals surface area (Å²) < 4.78 is 18.9. The number of rotatable bonds is 3. The SMILES string of the molecule is Cc1cc(F)cc(C(NN)C2CCCO2)c1. The molecule has 1 heterocycles. The van der Waals surface area contributed by atoms with Gasteiger partial charge in [-0.05, 0) is 43.0 Å². The summed E-state index contributed by atoms with van der Waals surface area (Å²) in [5, 5.41) is 0. The number of hydrazine groups is 1. The highest BCUT2D eigenvalue weighted by molar-refractivity contribution is 5.27. The molecular formula is C12H17FN2O. The second-order valence-corrected chi connectivity index (χ2v) is 4.26. The van der Waals surface area contributed by atoms with Gasteiger partial charge >= 0.3 is 0 Å². The molecular weight excluding hydrogens is 207 g/mol. The number of nitrogens with one attached hydrogen (secondary N) is 1. The largest absolute Gasteiger partial charge is 0.376 e. The van der Waals surface area contributed by atoms with E-state index in [1.807, 2.05) is 13.0 Å². The van der Waals surface area contributed by atoms with Crippen LogP contribution in [0.1, 0.15) is 30.0 Å². The summed E-state index contributed by atoms with van der Waals surface area (Å²) in [6.07, 6.45) is 2.05. The summed E-state index contributed by atoms with van der Waals surface area (Å²) >= 11 is 0. The van der Waals surface area contributed by atoms with E-state index in [1.54, 1.807) is 0 Å². The molecule has 0 spiro atoms. The Morgan fingerprint density at radius 2 is 2.31 bits per heavy atom. The molecule has 1 aromatic rings. The number of hydrogen-bond donors (Lipinski definition) is 2. The van der Waals surface area contributed by atoms with E-state index in [0.29, 0.717) is 0 Å². The fourth-order valence-corrected chi connectivity index (χ4v) is 2.23. The monoisotopic (exact) mass is 224 g/mol. The van der Waals surface area contributed by atoms with Crippen LogP contribution in [0, 0.1) is 12.7 Å². The van der Waals surface area contributed by atoms with Gasteiger partial charge in [-0.25, -0.2) is 4.39 Å². The third-order valence-corrected chi connectivity index (χ3v) is 2.94. The standard InChI is InChI=1S/C12H17FN2O/c1-8-5-9(7-10(13)6-8)12(15-14)11-3-2-4-16-11/h5-7,11-12,15H,2-4,14H2,1H3. The topological polar surface area (TPSA) is 47.3 Å². The van der Waals surface area contributed by atoms with Gasteiger partial charge in [0.15, 0.2) is 0 Å². The van der Waals surface area contributed by atoms with E-state index in [0.717, 1.165) is 30.6 Å². The first kappa shape index (κ1) is 11.5. The minimum atomic E-state index is -0.228. The van der Waals surface area contributed by atoms with Crippen molar-refractivity contribution in [2.75, 3.05) is 6.61 Å². The van der Waals surface area contributed by atoms with Crippen molar-refractivity contribution < 1.29 is 9.13 Å². The molecule has 2 atom stereocenters. The van der Waals surface area contributed by atoms with Crippen LogP contribution < -0.4 is 11.3 Å². The van der Waals surface area contributed by atoms with Gasteiger partial charge in [-0.3, -0.25) is 11.3 Å². The lowest BCUT2D eigenvalue weighted by atomic mass is 9.98. The zero-order valence-electron chi connectivity index (χ0n) is 9.37. The summed E-state index contributed by atoms with van der Waals surface area (Å²) in [6, 6.07) is 4.83. The molecule has 0 radical (unpaired) electrons. The molecule has 1 saturated heterocycles. The Hall–Kier alpha value is -0.970. The van der Waals surface area contributed by atoms with E-state index in [-0.39, 0.29) is 18.0 Å². The zero-order chi connectivity index (χ0) is 11.5. The number of ether oxygens (including phenoxy) is 1. The van der Waals surface area contributed by atoms with Crippen LogP contribution in [-0.4, -0.2) is 12.7 Å². The maximum absolute atomic E-state index is 13.3. The molecule has 2 rings (SSSR count). The van der Waals surface area contributed by atoms with Gasteiger partial charge in [-0.2, -0.15) is 0 Å². The number of nitrogens with two attached hydrogens (primary N) is 1. The predicted molar refractivity (Wildman–Crippen MR) is 60.2 cm³/mol. The molecule has 16 heavy (non-hydrogen) atoms. The number of hydrogen-bond acceptors (Lipinski definition) is 3. The van der Waals surface area contributed by atoms with Gasteiger partial charge in [-0.15, -0.1) is 0 Å². The Balaban J connectivity index is 2.24. The average molecular weight is 224 g/mol. The predicted octanol–water partition coefficient (Wildman–Crippen LogP) is 1.82. The lowest BCUT2D eigenvalue weighted by Gasteiger charge is -2.22. The molecule has 88 valence electrons. The first-order chi connectivity index (χ1) is 7.70. The summed E-state index contributed by atoms with van der Waals surface area (Å²) in [5.74, 6) is 5.30. The van der Waals surface area contributed by atoms with Crippen LogP contribution in [0.5, 0.6) is 0 Å². The Labute approximate surface area is 94.8 Å². The zero-order valence-corrected chi connectivity index (χ0v) is 9.37. The smallest absolute Gasteiger partial charge is 0.123 e. The molecule has 3 N–H and O–H groups in total. The van der Waals surface area contributed by atoms with E-state index in [2.05, 4.69) is 5.43 Å². The molecule has 0 bridgehead atoms. The van der Waals surface area contributed by atoms with Crippen LogP contribution in [0.2, 0.25) is 0 Å². The fraction of sp³-hybridized carbons (Fsp3) is 0.500. The third kappa shape index (κ3) is 2.40. The Morgan fingerprint density at radius 3 is 2.88 bits per heavy atom. The van der Waals surface area contributed by atoms with Gasteiger partial charge in [0.25, 0.3) is 0 Å². The van der Waals surface area contributed by atoms with Crippen LogP contribution in [0.15, 0.2) is 18.2 Å². The molecule has 1 aromatic carbocycles. The van der Waals surface area contributed by atoms with Gasteiger partial charge in [0.1, 0.15) is 5.82 Å². The lowest BCUT2D eigenvalue weighted by Crippen LogP contribution is -2.36. The van der Waals surface area contributed by atoms with Crippen molar-refractivity contribution in [3.8, 4) is 0 Å². The van der Waals surface area contributed by atoms with E-state index < -0.39 is 0 Å². The van der Waals surface area contributed by atoms with Crippen molar-refractivity contribution in [3.05, 3.63) is 35.1 Å². The molecule has 0 aromatic heterocycles. The van der Waals surface area contributed by atoms with Crippen molar-refractivity contribution in [2.24, 2.45) is 5.84 Å². The maximum atomic E-state index is 13.3. The van der Waals surface area contributed by atoms with Crippen molar-refractivity contribution in [3.63, 3.8) is 0 Å². The lowest BCUT2D eigenvalue weighted by molar-refractivity contribution is 0.0782. The van der Waals surface area contributed by atoms with Crippen molar-refractivity contribution in [2.45, 2.75) is 31.9 Å². The van der Waals surface area contributed by atoms with E-state index in [1.165, 1.54) is 12.1 Å². The van der Waals surface area contributed by atoms with Crippen molar-refractivity contribution in [1.29, 1.82) is 0 Å². The van der Waals surface area contributed by atoms with Crippen molar-refractivity contribution >= 4 is 0 Å². The maximum Gasteiger partial charge on any atom is 0.123 e.